The van der Waals surface area contributed by atoms with E-state index in [0.29, 0.717) is 0 Å². The Morgan fingerprint density at radius 3 is 2.20 bits per heavy atom. The van der Waals surface area contributed by atoms with Crippen LogP contribution >= 0.6 is 0 Å². The molecule has 0 spiro atoms. The second kappa shape index (κ2) is 10.9. The first-order valence-electron chi connectivity index (χ1n) is 17.2. The predicted octanol–water partition coefficient (Wildman–Crippen LogP) is 2.91. The van der Waals surface area contributed by atoms with E-state index in [4.69, 9.17) is 23.4 Å². The molecule has 1 aromatic rings. The van der Waals surface area contributed by atoms with Gasteiger partial charge in [-0.25, -0.2) is 0 Å². The highest BCUT2D eigenvalue weighted by atomic mass is 16.6. The Kier molecular flexibility index (Phi) is 7.87. The van der Waals surface area contributed by atoms with Gasteiger partial charge in [0.05, 0.1) is 36.7 Å². The van der Waals surface area contributed by atoms with Gasteiger partial charge >= 0.3 is 23.9 Å². The maximum atomic E-state index is 14.3. The minimum Gasteiger partial charge on any atom is -0.472 e. The van der Waals surface area contributed by atoms with Gasteiger partial charge in [0, 0.05) is 28.6 Å². The number of carbonyl (C=O) groups excluding carboxylic acids is 5. The molecule has 1 aromatic heterocycles. The number of hydrogen-bond acceptors (Lipinski definition) is 13. The number of furan rings is 1. The van der Waals surface area contributed by atoms with Crippen molar-refractivity contribution in [2.24, 2.45) is 39.9 Å². The zero-order chi connectivity index (χ0) is 36.3. The van der Waals surface area contributed by atoms with Crippen LogP contribution in [0.3, 0.4) is 0 Å². The van der Waals surface area contributed by atoms with E-state index in [2.05, 4.69) is 0 Å². The molecule has 13 heteroatoms. The normalized spacial score (nSPS) is 44.7. The van der Waals surface area contributed by atoms with Crippen LogP contribution in [-0.2, 0) is 38.1 Å². The third-order valence-electron chi connectivity index (χ3n) is 13.3. The van der Waals surface area contributed by atoms with E-state index in [0.717, 1.165) is 0 Å². The number of carbonyl (C=O) groups is 5. The van der Waals surface area contributed by atoms with E-state index in [1.54, 1.807) is 55.4 Å². The van der Waals surface area contributed by atoms with Crippen molar-refractivity contribution in [2.45, 2.75) is 122 Å². The van der Waals surface area contributed by atoms with Crippen LogP contribution in [-0.4, -0.2) is 86.2 Å². The molecule has 1 aliphatic heterocycles. The summed E-state index contributed by atoms with van der Waals surface area (Å²) in [5.41, 5.74) is -14.3. The average Bonchev–Trinajstić information content (AvgIpc) is 3.67. The number of esters is 4. The molecular formula is C36H48O13. The zero-order valence-electron chi connectivity index (χ0n) is 29.4. The van der Waals surface area contributed by atoms with Gasteiger partial charge in [-0.2, -0.15) is 0 Å². The summed E-state index contributed by atoms with van der Waals surface area (Å²) in [7, 11) is 0. The smallest absolute Gasteiger partial charge is 0.309 e. The molecule has 49 heavy (non-hydrogen) atoms. The summed E-state index contributed by atoms with van der Waals surface area (Å²) >= 11 is 0. The summed E-state index contributed by atoms with van der Waals surface area (Å²) in [6.45, 7) is 12.8. The van der Waals surface area contributed by atoms with Crippen LogP contribution in [0, 0.1) is 39.9 Å². The van der Waals surface area contributed by atoms with Crippen LogP contribution in [0.25, 0.3) is 0 Å². The lowest BCUT2D eigenvalue weighted by molar-refractivity contribution is -0.439. The van der Waals surface area contributed by atoms with Gasteiger partial charge < -0.3 is 38.7 Å². The third kappa shape index (κ3) is 4.00. The molecule has 0 radical (unpaired) electrons. The Labute approximate surface area is 285 Å². The summed E-state index contributed by atoms with van der Waals surface area (Å²) in [6, 6.07) is 1.47. The van der Waals surface area contributed by atoms with Crippen molar-refractivity contribution in [1.29, 1.82) is 0 Å². The number of hydrogen-bond donors (Lipinski definition) is 3. The second-order valence-electron chi connectivity index (χ2n) is 16.2. The largest absolute Gasteiger partial charge is 0.472 e. The molecule has 2 heterocycles. The van der Waals surface area contributed by atoms with E-state index in [1.165, 1.54) is 18.6 Å². The lowest BCUT2D eigenvalue weighted by atomic mass is 9.33. The molecule has 6 rings (SSSR count). The van der Waals surface area contributed by atoms with Crippen molar-refractivity contribution in [3.63, 3.8) is 0 Å². The summed E-state index contributed by atoms with van der Waals surface area (Å²) in [6.07, 6.45) is -2.40. The second-order valence-corrected chi connectivity index (χ2v) is 16.2. The van der Waals surface area contributed by atoms with E-state index in [1.807, 2.05) is 0 Å². The number of fused-ring (bicyclic) bond motifs is 3. The van der Waals surface area contributed by atoms with Gasteiger partial charge in [-0.3, -0.25) is 24.0 Å². The first-order chi connectivity index (χ1) is 22.7. The highest BCUT2D eigenvalue weighted by Gasteiger charge is 2.99. The Morgan fingerprint density at radius 2 is 1.63 bits per heavy atom. The maximum Gasteiger partial charge on any atom is 0.309 e. The van der Waals surface area contributed by atoms with Crippen LogP contribution in [0.2, 0.25) is 0 Å². The molecule has 1 saturated heterocycles. The highest BCUT2D eigenvalue weighted by Crippen LogP contribution is 2.84. The third-order valence-corrected chi connectivity index (χ3v) is 13.3. The number of rotatable bonds is 9. The number of ketones is 1. The van der Waals surface area contributed by atoms with E-state index in [9.17, 15) is 39.3 Å². The number of aliphatic hydroxyl groups is 3. The first kappa shape index (κ1) is 35.5. The SMILES string of the molecule is CCOC(=O)CC1C2(C)CC3(O)C(OC(=O)C(C)C)(C2OC(=O)C(C)C)C2OC(=O)CC4C(C)(C(=O)c5ccoc5)CCC(O)(C42O)C13C. The van der Waals surface area contributed by atoms with Gasteiger partial charge in [0.1, 0.15) is 23.1 Å². The molecule has 4 aliphatic carbocycles. The van der Waals surface area contributed by atoms with Crippen molar-refractivity contribution < 1.29 is 62.7 Å². The van der Waals surface area contributed by atoms with Crippen LogP contribution in [0.4, 0.5) is 0 Å². The quantitative estimate of drug-likeness (QED) is 0.195. The lowest BCUT2D eigenvalue weighted by Crippen LogP contribution is -2.95. The van der Waals surface area contributed by atoms with Gasteiger partial charge in [-0.05, 0) is 38.2 Å². The van der Waals surface area contributed by atoms with Crippen LogP contribution in [0.1, 0.15) is 97.9 Å². The fraction of sp³-hybridized carbons (Fsp3) is 0.750. The number of ether oxygens (including phenoxy) is 4. The monoisotopic (exact) mass is 688 g/mol. The zero-order valence-corrected chi connectivity index (χ0v) is 29.4. The predicted molar refractivity (Wildman–Crippen MR) is 167 cm³/mol. The molecule has 3 N–H and O–H groups in total. The van der Waals surface area contributed by atoms with E-state index < -0.39 is 111 Å². The van der Waals surface area contributed by atoms with Gasteiger partial charge in [0.2, 0.25) is 5.60 Å². The summed E-state index contributed by atoms with van der Waals surface area (Å²) < 4.78 is 29.1. The molecule has 270 valence electrons. The molecule has 0 amide bonds. The summed E-state index contributed by atoms with van der Waals surface area (Å²) in [5.74, 6) is -7.41. The molecule has 0 aromatic carbocycles. The van der Waals surface area contributed by atoms with Crippen molar-refractivity contribution >= 4 is 29.7 Å². The van der Waals surface area contributed by atoms with Gasteiger partial charge in [-0.15, -0.1) is 0 Å². The lowest BCUT2D eigenvalue weighted by Gasteiger charge is -2.77. The molecule has 4 saturated carbocycles. The van der Waals surface area contributed by atoms with E-state index >= 15 is 0 Å². The van der Waals surface area contributed by atoms with Crippen molar-refractivity contribution in [3.05, 3.63) is 24.2 Å². The highest BCUT2D eigenvalue weighted by molar-refractivity contribution is 6.01. The first-order valence-corrected chi connectivity index (χ1v) is 17.2. The Hall–Kier alpha value is -3.29. The Morgan fingerprint density at radius 1 is 0.980 bits per heavy atom. The fourth-order valence-corrected chi connectivity index (χ4v) is 11.0. The standard InChI is InChI=1S/C36H48O13/c1-9-46-23(37)14-21-31(7)17-34(43)32(21,8)33(42)12-11-30(6,25(39)20-10-13-45-16-20)22-15-24(38)47-29(35(22,33)44)36(34,49-27(41)19(4)5)28(31)48-26(40)18(2)3/h10,13,16,18-19,21-22,28-29,42-44H,9,11-12,14-15,17H2,1-8H3. The summed E-state index contributed by atoms with van der Waals surface area (Å²) in [5, 5.41) is 40.2. The molecule has 5 aliphatic rings. The summed E-state index contributed by atoms with van der Waals surface area (Å²) in [4.78, 5) is 68.7. The average molecular weight is 689 g/mol. The van der Waals surface area contributed by atoms with Crippen LogP contribution in [0.5, 0.6) is 0 Å². The minimum atomic E-state index is -2.58. The van der Waals surface area contributed by atoms with Gasteiger partial charge in [-0.1, -0.05) is 48.5 Å². The van der Waals surface area contributed by atoms with Crippen molar-refractivity contribution in [2.75, 3.05) is 6.61 Å². The van der Waals surface area contributed by atoms with Crippen molar-refractivity contribution in [1.82, 2.24) is 0 Å². The van der Waals surface area contributed by atoms with Gasteiger partial charge in [0.25, 0.3) is 0 Å². The van der Waals surface area contributed by atoms with Gasteiger partial charge in [0.15, 0.2) is 18.0 Å². The molecule has 5 fully saturated rings. The molecule has 13 nitrogen and oxygen atoms in total. The van der Waals surface area contributed by atoms with Crippen LogP contribution < -0.4 is 0 Å². The molecule has 11 unspecified atom stereocenters. The van der Waals surface area contributed by atoms with Crippen molar-refractivity contribution in [3.8, 4) is 0 Å². The maximum absolute atomic E-state index is 14.3. The minimum absolute atomic E-state index is 0.0282. The number of Topliss-reactive ketones (excluding diaryl/α,β-unsaturated/α-hetero) is 1. The fourth-order valence-electron chi connectivity index (χ4n) is 11.0. The Balaban J connectivity index is 1.69. The molecule has 2 bridgehead atoms. The van der Waals surface area contributed by atoms with E-state index in [-0.39, 0.29) is 37.9 Å². The Bertz CT molecular complexity index is 1580. The topological polar surface area (TPSA) is 196 Å². The van der Waals surface area contributed by atoms with Crippen LogP contribution in [0.15, 0.2) is 23.0 Å². The molecular weight excluding hydrogens is 640 g/mol. The molecule has 11 atom stereocenters.